The number of urea groups is 1. The molecule has 0 unspecified atom stereocenters. The first-order valence-electron chi connectivity index (χ1n) is 8.02. The Balaban J connectivity index is 1.87. The average Bonchev–Trinajstić information content (AvgIpc) is 2.59. The Morgan fingerprint density at radius 2 is 1.85 bits per heavy atom. The minimum Gasteiger partial charge on any atom is -0.479 e. The summed E-state index contributed by atoms with van der Waals surface area (Å²) in [6, 6.07) is 12.0. The number of nitrogens with one attached hydrogen (secondary N) is 2. The number of carboxylic acid groups (broad SMARTS) is 1. The maximum Gasteiger partial charge on any atom is 0.344 e. The van der Waals surface area contributed by atoms with Gasteiger partial charge in [-0.1, -0.05) is 17.7 Å². The molecular weight excluding hydrogens is 334 g/mol. The van der Waals surface area contributed by atoms with E-state index in [0.717, 1.165) is 22.4 Å². The molecule has 0 aliphatic rings. The average molecular weight is 355 g/mol. The molecule has 1 atom stereocenters. The summed E-state index contributed by atoms with van der Waals surface area (Å²) in [6.07, 6.45) is 0.552. The van der Waals surface area contributed by atoms with E-state index < -0.39 is 18.1 Å². The molecule has 0 fully saturated rings. The number of aliphatic carboxylic acids is 1. The van der Waals surface area contributed by atoms with Crippen LogP contribution in [-0.4, -0.2) is 29.4 Å². The zero-order valence-corrected chi connectivity index (χ0v) is 14.8. The number of amides is 2. The van der Waals surface area contributed by atoms with Crippen molar-refractivity contribution in [2.24, 2.45) is 5.10 Å². The van der Waals surface area contributed by atoms with Gasteiger partial charge in [0.05, 0.1) is 6.21 Å². The maximum atomic E-state index is 11.9. The van der Waals surface area contributed by atoms with Crippen molar-refractivity contribution >= 4 is 23.9 Å². The first kappa shape index (κ1) is 19.0. The molecule has 3 N–H and O–H groups in total. The lowest BCUT2D eigenvalue weighted by Gasteiger charge is -2.10. The fourth-order valence-corrected chi connectivity index (χ4v) is 2.16. The molecule has 0 aliphatic carbocycles. The van der Waals surface area contributed by atoms with Crippen molar-refractivity contribution in [1.29, 1.82) is 0 Å². The number of hydrazone groups is 1. The molecular formula is C19H21N3O4. The lowest BCUT2D eigenvalue weighted by atomic mass is 10.1. The maximum absolute atomic E-state index is 11.9. The summed E-state index contributed by atoms with van der Waals surface area (Å²) in [5.41, 5.74) is 5.93. The lowest BCUT2D eigenvalue weighted by molar-refractivity contribution is -0.144. The molecule has 26 heavy (non-hydrogen) atoms. The standard InChI is InChI=1S/C19H21N3O4/c1-12-4-9-17(13(2)10-12)21-19(25)22-20-11-15-5-7-16(8-6-15)26-14(3)18(23)24/h4-11,14H,1-3H3,(H,23,24)(H2,21,22,25)/b20-11+/t14-/m0/s1. The van der Waals surface area contributed by atoms with Crippen molar-refractivity contribution < 1.29 is 19.4 Å². The number of carboxylic acids is 1. The van der Waals surface area contributed by atoms with Crippen LogP contribution in [0.15, 0.2) is 47.6 Å². The lowest BCUT2D eigenvalue weighted by Crippen LogP contribution is -2.24. The van der Waals surface area contributed by atoms with Crippen molar-refractivity contribution in [1.82, 2.24) is 5.43 Å². The van der Waals surface area contributed by atoms with Crippen LogP contribution in [0.4, 0.5) is 10.5 Å². The van der Waals surface area contributed by atoms with Gasteiger partial charge < -0.3 is 15.2 Å². The highest BCUT2D eigenvalue weighted by atomic mass is 16.5. The highest BCUT2D eigenvalue weighted by Crippen LogP contribution is 2.16. The van der Waals surface area contributed by atoms with Crippen LogP contribution in [0.5, 0.6) is 5.75 Å². The van der Waals surface area contributed by atoms with E-state index in [-0.39, 0.29) is 0 Å². The molecule has 0 heterocycles. The van der Waals surface area contributed by atoms with Crippen LogP contribution in [0.1, 0.15) is 23.6 Å². The predicted octanol–water partition coefficient (Wildman–Crippen LogP) is 3.31. The van der Waals surface area contributed by atoms with Gasteiger partial charge in [0.2, 0.25) is 0 Å². The van der Waals surface area contributed by atoms with Crippen LogP contribution in [0.25, 0.3) is 0 Å². The van der Waals surface area contributed by atoms with E-state index in [0.29, 0.717) is 5.75 Å². The van der Waals surface area contributed by atoms with Crippen LogP contribution < -0.4 is 15.5 Å². The number of rotatable bonds is 6. The number of carbonyl (C=O) groups excluding carboxylic acids is 1. The van der Waals surface area contributed by atoms with Gasteiger partial charge in [-0.15, -0.1) is 0 Å². The second-order valence-corrected chi connectivity index (χ2v) is 5.81. The van der Waals surface area contributed by atoms with Gasteiger partial charge in [0.15, 0.2) is 6.10 Å². The Labute approximate surface area is 151 Å². The van der Waals surface area contributed by atoms with Gasteiger partial charge in [0, 0.05) is 5.69 Å². The fraction of sp³-hybridized carbons (Fsp3) is 0.211. The predicted molar refractivity (Wildman–Crippen MR) is 99.8 cm³/mol. The zero-order valence-electron chi connectivity index (χ0n) is 14.8. The van der Waals surface area contributed by atoms with E-state index in [2.05, 4.69) is 15.8 Å². The van der Waals surface area contributed by atoms with Crippen molar-refractivity contribution in [3.8, 4) is 5.75 Å². The van der Waals surface area contributed by atoms with Gasteiger partial charge in [-0.3, -0.25) is 0 Å². The minimum absolute atomic E-state index is 0.441. The second-order valence-electron chi connectivity index (χ2n) is 5.81. The van der Waals surface area contributed by atoms with Crippen molar-refractivity contribution in [2.45, 2.75) is 26.9 Å². The first-order valence-corrected chi connectivity index (χ1v) is 8.02. The normalized spacial score (nSPS) is 11.8. The van der Waals surface area contributed by atoms with Crippen LogP contribution in [0, 0.1) is 13.8 Å². The molecule has 0 radical (unpaired) electrons. The van der Waals surface area contributed by atoms with Gasteiger partial charge in [-0.05, 0) is 62.2 Å². The van der Waals surface area contributed by atoms with Crippen molar-refractivity contribution in [2.75, 3.05) is 5.32 Å². The first-order chi connectivity index (χ1) is 12.3. The molecule has 0 bridgehead atoms. The van der Waals surface area contributed by atoms with Crippen LogP contribution >= 0.6 is 0 Å². The van der Waals surface area contributed by atoms with E-state index in [4.69, 9.17) is 9.84 Å². The highest BCUT2D eigenvalue weighted by Gasteiger charge is 2.11. The van der Waals surface area contributed by atoms with Gasteiger partial charge in [-0.25, -0.2) is 15.0 Å². The monoisotopic (exact) mass is 355 g/mol. The molecule has 7 heteroatoms. The highest BCUT2D eigenvalue weighted by molar-refractivity contribution is 5.91. The summed E-state index contributed by atoms with van der Waals surface area (Å²) >= 11 is 0. The molecule has 0 aromatic heterocycles. The smallest absolute Gasteiger partial charge is 0.344 e. The van der Waals surface area contributed by atoms with E-state index in [1.807, 2.05) is 32.0 Å². The summed E-state index contributed by atoms with van der Waals surface area (Å²) in [5.74, 6) is -0.590. The van der Waals surface area contributed by atoms with Crippen LogP contribution in [0.2, 0.25) is 0 Å². The van der Waals surface area contributed by atoms with E-state index in [1.54, 1.807) is 24.3 Å². The van der Waals surface area contributed by atoms with Crippen molar-refractivity contribution in [3.05, 3.63) is 59.2 Å². The molecule has 2 aromatic carbocycles. The third-order valence-electron chi connectivity index (χ3n) is 3.55. The third kappa shape index (κ3) is 5.62. The number of benzene rings is 2. The van der Waals surface area contributed by atoms with Gasteiger partial charge in [0.1, 0.15) is 5.75 Å². The molecule has 2 amide bonds. The number of carbonyl (C=O) groups is 2. The van der Waals surface area contributed by atoms with E-state index >= 15 is 0 Å². The number of aryl methyl sites for hydroxylation is 2. The Kier molecular flexibility index (Phi) is 6.32. The minimum atomic E-state index is -1.03. The molecule has 2 rings (SSSR count). The number of nitrogens with zero attached hydrogens (tertiary/aromatic N) is 1. The molecule has 0 spiro atoms. The Morgan fingerprint density at radius 3 is 2.46 bits per heavy atom. The SMILES string of the molecule is Cc1ccc(NC(=O)N/N=C/c2ccc(O[C@@H](C)C(=O)O)cc2)c(C)c1. The molecule has 0 aliphatic heterocycles. The van der Waals surface area contributed by atoms with E-state index in [1.165, 1.54) is 13.1 Å². The van der Waals surface area contributed by atoms with Crippen molar-refractivity contribution in [3.63, 3.8) is 0 Å². The van der Waals surface area contributed by atoms with Gasteiger partial charge in [0.25, 0.3) is 0 Å². The third-order valence-corrected chi connectivity index (χ3v) is 3.55. The molecule has 7 nitrogen and oxygen atoms in total. The largest absolute Gasteiger partial charge is 0.479 e. The summed E-state index contributed by atoms with van der Waals surface area (Å²) in [4.78, 5) is 22.6. The summed E-state index contributed by atoms with van der Waals surface area (Å²) in [5, 5.41) is 15.4. The Bertz CT molecular complexity index is 816. The molecule has 0 saturated heterocycles. The Morgan fingerprint density at radius 1 is 1.15 bits per heavy atom. The molecule has 2 aromatic rings. The number of ether oxygens (including phenoxy) is 1. The topological polar surface area (TPSA) is 100 Å². The summed E-state index contributed by atoms with van der Waals surface area (Å²) in [6.45, 7) is 5.36. The molecule has 136 valence electrons. The van der Waals surface area contributed by atoms with Crippen LogP contribution in [0.3, 0.4) is 0 Å². The van der Waals surface area contributed by atoms with E-state index in [9.17, 15) is 9.59 Å². The summed E-state index contributed by atoms with van der Waals surface area (Å²) < 4.78 is 5.24. The second kappa shape index (κ2) is 8.66. The zero-order chi connectivity index (χ0) is 19.1. The fourth-order valence-electron chi connectivity index (χ4n) is 2.16. The number of anilines is 1. The summed E-state index contributed by atoms with van der Waals surface area (Å²) in [7, 11) is 0. The number of hydrogen-bond acceptors (Lipinski definition) is 4. The van der Waals surface area contributed by atoms with Crippen LogP contribution in [-0.2, 0) is 4.79 Å². The van der Waals surface area contributed by atoms with Gasteiger partial charge in [-0.2, -0.15) is 5.10 Å². The Hall–Kier alpha value is -3.35. The quantitative estimate of drug-likeness (QED) is 0.547. The molecule has 0 saturated carbocycles. The van der Waals surface area contributed by atoms with Gasteiger partial charge >= 0.3 is 12.0 Å². The number of hydrogen-bond donors (Lipinski definition) is 3.